The fraction of sp³-hybridized carbons (Fsp3) is 0.214. The van der Waals surface area contributed by atoms with Crippen LogP contribution in [0.5, 0.6) is 0 Å². The predicted molar refractivity (Wildman–Crippen MR) is 67.5 cm³/mol. The fourth-order valence-electron chi connectivity index (χ4n) is 2.26. The molecule has 2 heterocycles. The monoisotopic (exact) mass is 237 g/mol. The van der Waals surface area contributed by atoms with E-state index in [1.165, 1.54) is 0 Å². The molecule has 0 N–H and O–H groups in total. The number of hydrogen-bond donors (Lipinski definition) is 0. The van der Waals surface area contributed by atoms with Crippen LogP contribution in [0.1, 0.15) is 23.3 Å². The lowest BCUT2D eigenvalue weighted by molar-refractivity contribution is 0.0963. The van der Waals surface area contributed by atoms with Crippen LogP contribution in [0.25, 0.3) is 16.7 Å². The summed E-state index contributed by atoms with van der Waals surface area (Å²) in [7, 11) is 0. The molecule has 0 radical (unpaired) electrons. The topological polar surface area (TPSA) is 47.3 Å². The minimum absolute atomic E-state index is 0.157. The summed E-state index contributed by atoms with van der Waals surface area (Å²) in [4.78, 5) is 20.6. The van der Waals surface area contributed by atoms with Crippen LogP contribution in [0.2, 0.25) is 0 Å². The first-order valence-electron chi connectivity index (χ1n) is 6.10. The van der Waals surface area contributed by atoms with E-state index in [4.69, 9.17) is 0 Å². The summed E-state index contributed by atoms with van der Waals surface area (Å²) >= 11 is 0. The van der Waals surface area contributed by atoms with Gasteiger partial charge in [0.25, 0.3) is 0 Å². The summed E-state index contributed by atoms with van der Waals surface area (Å²) in [6.07, 6.45) is 5.61. The second kappa shape index (κ2) is 3.38. The van der Waals surface area contributed by atoms with Crippen LogP contribution in [0, 0.1) is 5.92 Å². The molecule has 1 saturated carbocycles. The largest absolute Gasteiger partial charge is 0.292 e. The Morgan fingerprint density at radius 1 is 1.28 bits per heavy atom. The number of nitrogens with zero attached hydrogens (tertiary/aromatic N) is 3. The Bertz CT molecular complexity index is 771. The molecule has 0 spiro atoms. The first kappa shape index (κ1) is 9.76. The molecule has 88 valence electrons. The molecule has 1 aromatic carbocycles. The highest BCUT2D eigenvalue weighted by Gasteiger charge is 2.32. The van der Waals surface area contributed by atoms with Crippen molar-refractivity contribution in [2.45, 2.75) is 12.8 Å². The highest BCUT2D eigenvalue weighted by atomic mass is 16.1. The molecule has 1 aliphatic rings. The number of fused-ring (bicyclic) bond motifs is 3. The molecule has 2 aromatic heterocycles. The van der Waals surface area contributed by atoms with Crippen molar-refractivity contribution in [1.29, 1.82) is 0 Å². The van der Waals surface area contributed by atoms with Gasteiger partial charge in [0.2, 0.25) is 5.78 Å². The van der Waals surface area contributed by atoms with Crippen molar-refractivity contribution in [3.63, 3.8) is 0 Å². The van der Waals surface area contributed by atoms with Gasteiger partial charge in [-0.3, -0.25) is 9.20 Å². The second-order valence-electron chi connectivity index (χ2n) is 4.75. The summed E-state index contributed by atoms with van der Waals surface area (Å²) in [5.41, 5.74) is 1.58. The molecule has 18 heavy (non-hydrogen) atoms. The number of rotatable bonds is 2. The Morgan fingerprint density at radius 3 is 2.94 bits per heavy atom. The molecule has 4 nitrogen and oxygen atoms in total. The lowest BCUT2D eigenvalue weighted by Crippen LogP contribution is -2.00. The normalized spacial score (nSPS) is 15.3. The summed E-state index contributed by atoms with van der Waals surface area (Å²) in [6, 6.07) is 7.97. The van der Waals surface area contributed by atoms with Crippen LogP contribution < -0.4 is 0 Å². The number of carbonyl (C=O) groups is 1. The summed E-state index contributed by atoms with van der Waals surface area (Å²) < 4.78 is 1.89. The number of para-hydroxylation sites is 1. The van der Waals surface area contributed by atoms with Gasteiger partial charge in [0.15, 0.2) is 5.78 Å². The van der Waals surface area contributed by atoms with Gasteiger partial charge in [0, 0.05) is 23.7 Å². The van der Waals surface area contributed by atoms with Gasteiger partial charge in [0.05, 0.1) is 5.52 Å². The maximum Gasteiger partial charge on any atom is 0.234 e. The molecule has 4 heteroatoms. The Hall–Kier alpha value is -2.23. The lowest BCUT2D eigenvalue weighted by atomic mass is 10.2. The van der Waals surface area contributed by atoms with Gasteiger partial charge in [-0.2, -0.15) is 0 Å². The van der Waals surface area contributed by atoms with Crippen molar-refractivity contribution in [3.8, 4) is 0 Å². The number of imidazole rings is 1. The van der Waals surface area contributed by atoms with E-state index in [2.05, 4.69) is 9.97 Å². The molecule has 0 bridgehead atoms. The van der Waals surface area contributed by atoms with Gasteiger partial charge in [-0.1, -0.05) is 18.2 Å². The third-order valence-corrected chi connectivity index (χ3v) is 3.40. The minimum Gasteiger partial charge on any atom is -0.292 e. The van der Waals surface area contributed by atoms with E-state index >= 15 is 0 Å². The van der Waals surface area contributed by atoms with Crippen molar-refractivity contribution in [2.24, 2.45) is 5.92 Å². The molecule has 1 aliphatic carbocycles. The number of hydrogen-bond acceptors (Lipinski definition) is 3. The van der Waals surface area contributed by atoms with Crippen molar-refractivity contribution < 1.29 is 4.79 Å². The van der Waals surface area contributed by atoms with Crippen LogP contribution in [-0.2, 0) is 0 Å². The first-order valence-corrected chi connectivity index (χ1v) is 6.10. The summed E-state index contributed by atoms with van der Waals surface area (Å²) in [5, 5.41) is 1.05. The SMILES string of the molecule is O=C(c1cn2c(ncc3ccccc32)n1)C1CC1. The summed E-state index contributed by atoms with van der Waals surface area (Å²) in [5.74, 6) is 0.948. The molecule has 0 unspecified atom stereocenters. The van der Waals surface area contributed by atoms with Crippen LogP contribution in [0.3, 0.4) is 0 Å². The third kappa shape index (κ3) is 1.35. The van der Waals surface area contributed by atoms with E-state index in [0.29, 0.717) is 11.5 Å². The van der Waals surface area contributed by atoms with Crippen molar-refractivity contribution in [2.75, 3.05) is 0 Å². The standard InChI is InChI=1S/C14H11N3O/c18-13(9-5-6-9)11-8-17-12-4-2-1-3-10(12)7-15-14(17)16-11/h1-4,7-9H,5-6H2. The Labute approximate surface area is 103 Å². The molecule has 3 aromatic rings. The number of ketones is 1. The number of Topliss-reactive ketones (excluding diaryl/α,β-unsaturated/α-hetero) is 1. The smallest absolute Gasteiger partial charge is 0.234 e. The predicted octanol–water partition coefficient (Wildman–Crippen LogP) is 2.48. The highest BCUT2D eigenvalue weighted by molar-refractivity contribution is 5.98. The molecule has 0 amide bonds. The maximum atomic E-state index is 12.0. The number of benzene rings is 1. The van der Waals surface area contributed by atoms with Crippen LogP contribution in [0.4, 0.5) is 0 Å². The van der Waals surface area contributed by atoms with Gasteiger partial charge >= 0.3 is 0 Å². The van der Waals surface area contributed by atoms with E-state index in [-0.39, 0.29) is 11.7 Å². The Balaban J connectivity index is 1.98. The van der Waals surface area contributed by atoms with E-state index in [0.717, 1.165) is 23.7 Å². The van der Waals surface area contributed by atoms with Crippen LogP contribution in [-0.4, -0.2) is 20.2 Å². The average Bonchev–Trinajstić information content (AvgIpc) is 3.16. The van der Waals surface area contributed by atoms with Crippen molar-refractivity contribution in [3.05, 3.63) is 42.4 Å². The van der Waals surface area contributed by atoms with Crippen molar-refractivity contribution in [1.82, 2.24) is 14.4 Å². The van der Waals surface area contributed by atoms with Crippen LogP contribution >= 0.6 is 0 Å². The van der Waals surface area contributed by atoms with Crippen molar-refractivity contribution >= 4 is 22.5 Å². The Kier molecular flexibility index (Phi) is 1.84. The minimum atomic E-state index is 0.157. The number of carbonyl (C=O) groups excluding carboxylic acids is 1. The van der Waals surface area contributed by atoms with E-state index in [9.17, 15) is 4.79 Å². The van der Waals surface area contributed by atoms with Gasteiger partial charge in [-0.15, -0.1) is 0 Å². The fourth-order valence-corrected chi connectivity index (χ4v) is 2.26. The Morgan fingerprint density at radius 2 is 2.11 bits per heavy atom. The molecular formula is C14H11N3O. The molecular weight excluding hydrogens is 226 g/mol. The highest BCUT2D eigenvalue weighted by Crippen LogP contribution is 2.32. The van der Waals surface area contributed by atoms with Crippen LogP contribution in [0.15, 0.2) is 36.7 Å². The van der Waals surface area contributed by atoms with Gasteiger partial charge in [0.1, 0.15) is 5.69 Å². The van der Waals surface area contributed by atoms with Gasteiger partial charge in [-0.25, -0.2) is 9.97 Å². The summed E-state index contributed by atoms with van der Waals surface area (Å²) in [6.45, 7) is 0. The maximum absolute atomic E-state index is 12.0. The van der Waals surface area contributed by atoms with Gasteiger partial charge in [-0.05, 0) is 18.9 Å². The molecule has 1 fully saturated rings. The first-order chi connectivity index (χ1) is 8.83. The zero-order valence-corrected chi connectivity index (χ0v) is 9.71. The van der Waals surface area contributed by atoms with Gasteiger partial charge < -0.3 is 0 Å². The number of aromatic nitrogens is 3. The molecule has 0 aliphatic heterocycles. The van der Waals surface area contributed by atoms with E-state index < -0.39 is 0 Å². The zero-order chi connectivity index (χ0) is 12.1. The van der Waals surface area contributed by atoms with E-state index in [1.807, 2.05) is 34.9 Å². The third-order valence-electron chi connectivity index (χ3n) is 3.40. The quantitative estimate of drug-likeness (QED) is 0.643. The average molecular weight is 237 g/mol. The second-order valence-corrected chi connectivity index (χ2v) is 4.75. The molecule has 0 saturated heterocycles. The molecule has 4 rings (SSSR count). The molecule has 0 atom stereocenters. The lowest BCUT2D eigenvalue weighted by Gasteiger charge is -1.99. The van der Waals surface area contributed by atoms with E-state index in [1.54, 1.807) is 6.20 Å². The zero-order valence-electron chi connectivity index (χ0n) is 9.71.